The maximum Gasteiger partial charge on any atom is 0.0433 e. The van der Waals surface area contributed by atoms with Gasteiger partial charge in [0, 0.05) is 6.61 Å². The van der Waals surface area contributed by atoms with Crippen LogP contribution in [0.1, 0.15) is 32.1 Å². The molecule has 1 aliphatic carbocycles. The Labute approximate surface area is 80.9 Å². The fraction of sp³-hybridized carbons (Fsp3) is 1.00. The zero-order valence-corrected chi connectivity index (χ0v) is 8.63. The molecule has 0 bridgehead atoms. The fourth-order valence-electron chi connectivity index (χ4n) is 3.09. The minimum Gasteiger partial charge on any atom is -0.396 e. The van der Waals surface area contributed by atoms with Crippen molar-refractivity contribution in [2.45, 2.75) is 32.1 Å². The van der Waals surface area contributed by atoms with Crippen LogP contribution < -0.4 is 0 Å². The van der Waals surface area contributed by atoms with Crippen LogP contribution in [0.15, 0.2) is 0 Å². The van der Waals surface area contributed by atoms with Gasteiger partial charge in [-0.1, -0.05) is 0 Å². The van der Waals surface area contributed by atoms with Crippen LogP contribution in [0.3, 0.4) is 0 Å². The highest BCUT2D eigenvalue weighted by Gasteiger charge is 2.46. The highest BCUT2D eigenvalue weighted by Crippen LogP contribution is 2.54. The van der Waals surface area contributed by atoms with Crippen LogP contribution in [0, 0.1) is 11.3 Å². The summed E-state index contributed by atoms with van der Waals surface area (Å²) in [6.07, 6.45) is 6.57. The Kier molecular flexibility index (Phi) is 2.61. The molecular weight excluding hydrogens is 162 g/mol. The first-order valence-corrected chi connectivity index (χ1v) is 5.56. The van der Waals surface area contributed by atoms with Crippen LogP contribution in [0.25, 0.3) is 0 Å². The summed E-state index contributed by atoms with van der Waals surface area (Å²) in [5.74, 6) is 0.839. The number of hydrogen-bond acceptors (Lipinski definition) is 2. The molecule has 1 aliphatic heterocycles. The van der Waals surface area contributed by atoms with Gasteiger partial charge in [0.2, 0.25) is 0 Å². The van der Waals surface area contributed by atoms with Crippen LogP contribution in [0.2, 0.25) is 0 Å². The smallest absolute Gasteiger partial charge is 0.0433 e. The molecule has 2 nitrogen and oxygen atoms in total. The molecule has 1 saturated carbocycles. The molecule has 2 aliphatic rings. The number of piperidine rings is 1. The molecule has 1 heterocycles. The van der Waals surface area contributed by atoms with Gasteiger partial charge in [0.15, 0.2) is 0 Å². The zero-order chi connectivity index (χ0) is 9.31. The Balaban J connectivity index is 1.90. The molecule has 1 atom stereocenters. The SMILES string of the molecule is CN1CCC2(CCC2CCO)CC1. The second-order valence-corrected chi connectivity index (χ2v) is 4.91. The van der Waals surface area contributed by atoms with Crippen molar-refractivity contribution in [1.82, 2.24) is 4.90 Å². The van der Waals surface area contributed by atoms with Crippen molar-refractivity contribution in [1.29, 1.82) is 0 Å². The van der Waals surface area contributed by atoms with Crippen LogP contribution in [-0.4, -0.2) is 36.8 Å². The lowest BCUT2D eigenvalue weighted by atomic mass is 9.55. The molecule has 1 saturated heterocycles. The number of rotatable bonds is 2. The van der Waals surface area contributed by atoms with Crippen molar-refractivity contribution in [3.8, 4) is 0 Å². The van der Waals surface area contributed by atoms with Crippen molar-refractivity contribution < 1.29 is 5.11 Å². The second-order valence-electron chi connectivity index (χ2n) is 4.91. The molecule has 2 fully saturated rings. The summed E-state index contributed by atoms with van der Waals surface area (Å²) in [4.78, 5) is 2.43. The molecular formula is C11H21NO. The average molecular weight is 183 g/mol. The van der Waals surface area contributed by atoms with Gasteiger partial charge in [-0.15, -0.1) is 0 Å². The molecule has 13 heavy (non-hydrogen) atoms. The lowest BCUT2D eigenvalue weighted by molar-refractivity contribution is -0.0393. The van der Waals surface area contributed by atoms with Gasteiger partial charge in [-0.3, -0.25) is 0 Å². The van der Waals surface area contributed by atoms with E-state index >= 15 is 0 Å². The number of hydrogen-bond donors (Lipinski definition) is 1. The van der Waals surface area contributed by atoms with Gasteiger partial charge in [0.25, 0.3) is 0 Å². The average Bonchev–Trinajstić information content (AvgIpc) is 2.14. The summed E-state index contributed by atoms with van der Waals surface area (Å²) < 4.78 is 0. The van der Waals surface area contributed by atoms with Gasteiger partial charge in [0.1, 0.15) is 0 Å². The standard InChI is InChI=1S/C11H21NO/c1-12-7-5-11(6-8-12)4-2-10(11)3-9-13/h10,13H,2-9H2,1H3. The Hall–Kier alpha value is -0.0800. The Morgan fingerprint density at radius 2 is 2.00 bits per heavy atom. The predicted molar refractivity (Wildman–Crippen MR) is 53.6 cm³/mol. The van der Waals surface area contributed by atoms with Gasteiger partial charge in [0.05, 0.1) is 0 Å². The van der Waals surface area contributed by atoms with Gasteiger partial charge >= 0.3 is 0 Å². The molecule has 1 N–H and O–H groups in total. The van der Waals surface area contributed by atoms with E-state index in [-0.39, 0.29) is 0 Å². The van der Waals surface area contributed by atoms with Crippen LogP contribution in [0.4, 0.5) is 0 Å². The van der Waals surface area contributed by atoms with Crippen LogP contribution >= 0.6 is 0 Å². The highest BCUT2D eigenvalue weighted by molar-refractivity contribution is 4.98. The normalized spacial score (nSPS) is 33.2. The molecule has 76 valence electrons. The van der Waals surface area contributed by atoms with Crippen molar-refractivity contribution in [3.63, 3.8) is 0 Å². The third kappa shape index (κ3) is 1.62. The number of aliphatic hydroxyl groups excluding tert-OH is 1. The summed E-state index contributed by atoms with van der Waals surface area (Å²) in [7, 11) is 2.21. The zero-order valence-electron chi connectivity index (χ0n) is 8.63. The molecule has 0 aromatic carbocycles. The molecule has 2 rings (SSSR count). The highest BCUT2D eigenvalue weighted by atomic mass is 16.3. The molecule has 0 radical (unpaired) electrons. The molecule has 0 aromatic rings. The Morgan fingerprint density at radius 1 is 1.31 bits per heavy atom. The maximum absolute atomic E-state index is 8.96. The largest absolute Gasteiger partial charge is 0.396 e. The number of aliphatic hydroxyl groups is 1. The van der Waals surface area contributed by atoms with E-state index in [2.05, 4.69) is 11.9 Å². The van der Waals surface area contributed by atoms with E-state index in [9.17, 15) is 0 Å². The minimum atomic E-state index is 0.391. The molecule has 1 unspecified atom stereocenters. The van der Waals surface area contributed by atoms with Crippen molar-refractivity contribution in [2.24, 2.45) is 11.3 Å². The van der Waals surface area contributed by atoms with Crippen molar-refractivity contribution in [2.75, 3.05) is 26.7 Å². The Morgan fingerprint density at radius 3 is 2.46 bits per heavy atom. The lowest BCUT2D eigenvalue weighted by Gasteiger charge is -2.54. The van der Waals surface area contributed by atoms with E-state index in [0.717, 1.165) is 12.3 Å². The first-order chi connectivity index (χ1) is 6.27. The van der Waals surface area contributed by atoms with Crippen LogP contribution in [-0.2, 0) is 0 Å². The van der Waals surface area contributed by atoms with E-state index in [1.54, 1.807) is 0 Å². The van der Waals surface area contributed by atoms with Gasteiger partial charge in [-0.05, 0) is 63.6 Å². The molecule has 0 amide bonds. The lowest BCUT2D eigenvalue weighted by Crippen LogP contribution is -2.48. The van der Waals surface area contributed by atoms with E-state index in [1.165, 1.54) is 38.8 Å². The topological polar surface area (TPSA) is 23.5 Å². The molecule has 0 aromatic heterocycles. The van der Waals surface area contributed by atoms with Gasteiger partial charge in [-0.2, -0.15) is 0 Å². The van der Waals surface area contributed by atoms with E-state index in [4.69, 9.17) is 5.11 Å². The van der Waals surface area contributed by atoms with E-state index < -0.39 is 0 Å². The second kappa shape index (κ2) is 3.58. The van der Waals surface area contributed by atoms with E-state index in [0.29, 0.717) is 12.0 Å². The fourth-order valence-corrected chi connectivity index (χ4v) is 3.09. The summed E-state index contributed by atoms with van der Waals surface area (Å²) in [5.41, 5.74) is 0.648. The first kappa shape index (κ1) is 9.47. The maximum atomic E-state index is 8.96. The minimum absolute atomic E-state index is 0.391. The quantitative estimate of drug-likeness (QED) is 0.701. The summed E-state index contributed by atoms with van der Waals surface area (Å²) >= 11 is 0. The summed E-state index contributed by atoms with van der Waals surface area (Å²) in [5, 5.41) is 8.96. The Bertz CT molecular complexity index is 173. The van der Waals surface area contributed by atoms with Gasteiger partial charge < -0.3 is 10.0 Å². The third-order valence-corrected chi connectivity index (χ3v) is 4.32. The number of nitrogens with zero attached hydrogens (tertiary/aromatic N) is 1. The van der Waals surface area contributed by atoms with E-state index in [1.807, 2.05) is 0 Å². The molecule has 2 heteroatoms. The van der Waals surface area contributed by atoms with Crippen molar-refractivity contribution in [3.05, 3.63) is 0 Å². The predicted octanol–water partition coefficient (Wildman–Crippen LogP) is 1.49. The third-order valence-electron chi connectivity index (χ3n) is 4.32. The van der Waals surface area contributed by atoms with Crippen molar-refractivity contribution >= 4 is 0 Å². The number of likely N-dealkylation sites (tertiary alicyclic amines) is 1. The summed E-state index contributed by atoms with van der Waals surface area (Å²) in [6.45, 7) is 2.92. The summed E-state index contributed by atoms with van der Waals surface area (Å²) in [6, 6.07) is 0. The monoisotopic (exact) mass is 183 g/mol. The molecule has 1 spiro atoms. The van der Waals surface area contributed by atoms with Crippen LogP contribution in [0.5, 0.6) is 0 Å². The first-order valence-electron chi connectivity index (χ1n) is 5.56. The van der Waals surface area contributed by atoms with Gasteiger partial charge in [-0.25, -0.2) is 0 Å².